The lowest BCUT2D eigenvalue weighted by molar-refractivity contribution is -0.156. The Bertz CT molecular complexity index is 266. The lowest BCUT2D eigenvalue weighted by atomic mass is 10.4. The minimum Gasteiger partial charge on any atom is -0.480 e. The topological polar surface area (TPSA) is 60.9 Å². The Labute approximate surface area is 90.4 Å². The van der Waals surface area contributed by atoms with Gasteiger partial charge in [0.15, 0.2) is 0 Å². The van der Waals surface area contributed by atoms with Crippen LogP contribution in [-0.4, -0.2) is 66.7 Å². The van der Waals surface area contributed by atoms with Crippen LogP contribution in [0.4, 0.5) is 13.2 Å². The number of amides is 1. The fourth-order valence-corrected chi connectivity index (χ4v) is 0.945. The fourth-order valence-electron chi connectivity index (χ4n) is 0.945. The van der Waals surface area contributed by atoms with Gasteiger partial charge in [-0.3, -0.25) is 14.5 Å². The molecule has 0 aliphatic carbocycles. The number of likely N-dealkylation sites (N-methyl/N-ethyl adjacent to an activating group) is 1. The van der Waals surface area contributed by atoms with Crippen LogP contribution in [0.5, 0.6) is 0 Å². The van der Waals surface area contributed by atoms with Crippen molar-refractivity contribution in [1.29, 1.82) is 0 Å². The first-order valence-electron chi connectivity index (χ1n) is 4.33. The molecule has 0 aromatic rings. The second-order valence-corrected chi connectivity index (χ2v) is 3.44. The Kier molecular flexibility index (Phi) is 5.22. The SMILES string of the molecule is CN(C)C(=O)CN(CC(=O)O)CC(F)(F)F. The Morgan fingerprint density at radius 1 is 1.19 bits per heavy atom. The van der Waals surface area contributed by atoms with E-state index in [1.807, 2.05) is 0 Å². The summed E-state index contributed by atoms with van der Waals surface area (Å²) in [5, 5.41) is 8.40. The number of halogens is 3. The van der Waals surface area contributed by atoms with Crippen LogP contribution in [-0.2, 0) is 9.59 Å². The molecule has 0 aromatic carbocycles. The van der Waals surface area contributed by atoms with Crippen molar-refractivity contribution in [3.05, 3.63) is 0 Å². The zero-order chi connectivity index (χ0) is 12.9. The van der Waals surface area contributed by atoms with Gasteiger partial charge in [-0.1, -0.05) is 0 Å². The number of hydrogen-bond donors (Lipinski definition) is 1. The average Bonchev–Trinajstić information content (AvgIpc) is 1.98. The lowest BCUT2D eigenvalue weighted by Crippen LogP contribution is -2.43. The summed E-state index contributed by atoms with van der Waals surface area (Å²) in [6, 6.07) is 0. The number of alkyl halides is 3. The van der Waals surface area contributed by atoms with E-state index in [0.29, 0.717) is 4.90 Å². The molecule has 0 aromatic heterocycles. The Morgan fingerprint density at radius 3 is 2.00 bits per heavy atom. The van der Waals surface area contributed by atoms with E-state index in [9.17, 15) is 22.8 Å². The number of carbonyl (C=O) groups excluding carboxylic acids is 1. The van der Waals surface area contributed by atoms with Crippen LogP contribution in [0.25, 0.3) is 0 Å². The molecule has 5 nitrogen and oxygen atoms in total. The van der Waals surface area contributed by atoms with Crippen molar-refractivity contribution >= 4 is 11.9 Å². The molecule has 16 heavy (non-hydrogen) atoms. The van der Waals surface area contributed by atoms with E-state index in [0.717, 1.165) is 4.90 Å². The molecular formula is C8H13F3N2O3. The standard InChI is InChI=1S/C8H13F3N2O3/c1-12(2)6(14)3-13(4-7(15)16)5-8(9,10)11/h3-5H2,1-2H3,(H,15,16). The maximum atomic E-state index is 12.0. The molecule has 1 N–H and O–H groups in total. The highest BCUT2D eigenvalue weighted by molar-refractivity contribution is 5.78. The number of hydrogen-bond acceptors (Lipinski definition) is 3. The van der Waals surface area contributed by atoms with Gasteiger partial charge in [0.1, 0.15) is 0 Å². The molecule has 0 unspecified atom stereocenters. The van der Waals surface area contributed by atoms with Gasteiger partial charge in [0.05, 0.1) is 19.6 Å². The molecule has 0 heterocycles. The number of rotatable bonds is 5. The third-order valence-corrected chi connectivity index (χ3v) is 1.62. The van der Waals surface area contributed by atoms with Gasteiger partial charge in [-0.15, -0.1) is 0 Å². The molecule has 0 atom stereocenters. The summed E-state index contributed by atoms with van der Waals surface area (Å²) in [4.78, 5) is 23.1. The van der Waals surface area contributed by atoms with E-state index in [1.165, 1.54) is 14.1 Å². The van der Waals surface area contributed by atoms with Crippen molar-refractivity contribution in [2.45, 2.75) is 6.18 Å². The smallest absolute Gasteiger partial charge is 0.401 e. The molecule has 1 amide bonds. The molecule has 94 valence electrons. The number of carboxylic acids is 1. The highest BCUT2D eigenvalue weighted by Gasteiger charge is 2.32. The molecule has 0 saturated carbocycles. The summed E-state index contributed by atoms with van der Waals surface area (Å²) in [6.07, 6.45) is -4.53. The molecule has 0 fully saturated rings. The molecule has 0 rings (SSSR count). The normalized spacial score (nSPS) is 11.6. The largest absolute Gasteiger partial charge is 0.480 e. The number of nitrogens with zero attached hydrogens (tertiary/aromatic N) is 2. The number of carboxylic acid groups (broad SMARTS) is 1. The molecule has 8 heteroatoms. The summed E-state index contributed by atoms with van der Waals surface area (Å²) in [5.41, 5.74) is 0. The Balaban J connectivity index is 4.43. The van der Waals surface area contributed by atoms with Crippen LogP contribution in [0.3, 0.4) is 0 Å². The molecule has 0 aliphatic heterocycles. The summed E-state index contributed by atoms with van der Waals surface area (Å²) in [5.74, 6) is -1.98. The third-order valence-electron chi connectivity index (χ3n) is 1.62. The maximum Gasteiger partial charge on any atom is 0.401 e. The Morgan fingerprint density at radius 2 is 1.69 bits per heavy atom. The first-order chi connectivity index (χ1) is 7.11. The lowest BCUT2D eigenvalue weighted by Gasteiger charge is -2.22. The maximum absolute atomic E-state index is 12.0. The van der Waals surface area contributed by atoms with Gasteiger partial charge >= 0.3 is 12.1 Å². The quantitative estimate of drug-likeness (QED) is 0.738. The van der Waals surface area contributed by atoms with Gasteiger partial charge in [0.2, 0.25) is 5.91 Å². The van der Waals surface area contributed by atoms with Crippen molar-refractivity contribution in [2.75, 3.05) is 33.7 Å². The summed E-state index contributed by atoms with van der Waals surface area (Å²) in [6.45, 7) is -2.81. The monoisotopic (exact) mass is 242 g/mol. The average molecular weight is 242 g/mol. The van der Waals surface area contributed by atoms with E-state index < -0.39 is 37.7 Å². The summed E-state index contributed by atoms with van der Waals surface area (Å²) >= 11 is 0. The van der Waals surface area contributed by atoms with Crippen molar-refractivity contribution in [1.82, 2.24) is 9.80 Å². The van der Waals surface area contributed by atoms with E-state index in [4.69, 9.17) is 5.11 Å². The fraction of sp³-hybridized carbons (Fsp3) is 0.750. The van der Waals surface area contributed by atoms with Crippen molar-refractivity contribution in [3.8, 4) is 0 Å². The Hall–Kier alpha value is -1.31. The third kappa shape index (κ3) is 7.04. The highest BCUT2D eigenvalue weighted by Crippen LogP contribution is 2.16. The van der Waals surface area contributed by atoms with Crippen LogP contribution in [0.15, 0.2) is 0 Å². The molecule has 0 spiro atoms. The summed E-state index contributed by atoms with van der Waals surface area (Å²) in [7, 11) is 2.77. The van der Waals surface area contributed by atoms with Gasteiger partial charge in [-0.05, 0) is 0 Å². The van der Waals surface area contributed by atoms with Crippen molar-refractivity contribution in [3.63, 3.8) is 0 Å². The van der Waals surface area contributed by atoms with Crippen LogP contribution in [0, 0.1) is 0 Å². The van der Waals surface area contributed by atoms with Gasteiger partial charge in [0, 0.05) is 14.1 Å². The first-order valence-corrected chi connectivity index (χ1v) is 4.33. The van der Waals surface area contributed by atoms with Gasteiger partial charge in [-0.25, -0.2) is 0 Å². The van der Waals surface area contributed by atoms with Crippen LogP contribution in [0.2, 0.25) is 0 Å². The molecule has 0 aliphatic rings. The zero-order valence-corrected chi connectivity index (χ0v) is 8.91. The van der Waals surface area contributed by atoms with Crippen molar-refractivity contribution in [2.24, 2.45) is 0 Å². The molecule has 0 bridgehead atoms. The van der Waals surface area contributed by atoms with Crippen LogP contribution < -0.4 is 0 Å². The van der Waals surface area contributed by atoms with Gasteiger partial charge in [0.25, 0.3) is 0 Å². The van der Waals surface area contributed by atoms with Crippen LogP contribution in [0.1, 0.15) is 0 Å². The minimum atomic E-state index is -4.53. The van der Waals surface area contributed by atoms with E-state index in [-0.39, 0.29) is 0 Å². The number of carbonyl (C=O) groups is 2. The van der Waals surface area contributed by atoms with E-state index in [1.54, 1.807) is 0 Å². The second kappa shape index (κ2) is 5.69. The van der Waals surface area contributed by atoms with E-state index >= 15 is 0 Å². The summed E-state index contributed by atoms with van der Waals surface area (Å²) < 4.78 is 36.1. The predicted molar refractivity (Wildman–Crippen MR) is 48.8 cm³/mol. The minimum absolute atomic E-state index is 0.532. The van der Waals surface area contributed by atoms with Gasteiger partial charge in [-0.2, -0.15) is 13.2 Å². The zero-order valence-electron chi connectivity index (χ0n) is 8.91. The second-order valence-electron chi connectivity index (χ2n) is 3.44. The molecule has 0 saturated heterocycles. The van der Waals surface area contributed by atoms with Crippen LogP contribution >= 0.6 is 0 Å². The predicted octanol–water partition coefficient (Wildman–Crippen LogP) is 0.0235. The number of aliphatic carboxylic acids is 1. The first kappa shape index (κ1) is 14.7. The van der Waals surface area contributed by atoms with Gasteiger partial charge < -0.3 is 10.0 Å². The van der Waals surface area contributed by atoms with Crippen molar-refractivity contribution < 1.29 is 27.9 Å². The molecule has 0 radical (unpaired) electrons. The van der Waals surface area contributed by atoms with E-state index in [2.05, 4.69) is 0 Å². The molecular weight excluding hydrogens is 229 g/mol. The highest BCUT2D eigenvalue weighted by atomic mass is 19.4.